The van der Waals surface area contributed by atoms with E-state index < -0.39 is 0 Å². The molecule has 1 aliphatic rings. The number of benzene rings is 1. The molecule has 0 atom stereocenters. The van der Waals surface area contributed by atoms with E-state index in [1.54, 1.807) is 0 Å². The molecule has 0 unspecified atom stereocenters. The molecule has 1 aromatic carbocycles. The number of carbonyl (C=O) groups excluding carboxylic acids is 1. The van der Waals surface area contributed by atoms with E-state index in [4.69, 9.17) is 9.47 Å². The summed E-state index contributed by atoms with van der Waals surface area (Å²) in [5.41, 5.74) is 0.951. The molecule has 0 amide bonds. The molecule has 0 bridgehead atoms. The third-order valence-corrected chi connectivity index (χ3v) is 3.53. The van der Waals surface area contributed by atoms with Gasteiger partial charge in [0.2, 0.25) is 0 Å². The van der Waals surface area contributed by atoms with E-state index in [2.05, 4.69) is 15.9 Å². The lowest BCUT2D eigenvalue weighted by molar-refractivity contribution is -0.151. The Labute approximate surface area is 109 Å². The molecule has 1 heterocycles. The van der Waals surface area contributed by atoms with Gasteiger partial charge in [-0.05, 0) is 24.6 Å². The maximum absolute atomic E-state index is 11.6. The second-order valence-electron chi connectivity index (χ2n) is 4.26. The highest BCUT2D eigenvalue weighted by molar-refractivity contribution is 9.10. The van der Waals surface area contributed by atoms with Crippen molar-refractivity contribution in [1.82, 2.24) is 0 Å². The zero-order valence-corrected chi connectivity index (χ0v) is 11.3. The Bertz CT molecular complexity index is 396. The second kappa shape index (κ2) is 5.19. The van der Waals surface area contributed by atoms with Crippen molar-refractivity contribution in [2.75, 3.05) is 19.8 Å². The van der Waals surface area contributed by atoms with Crippen LogP contribution in [0.15, 0.2) is 28.7 Å². The predicted octanol–water partition coefficient (Wildman–Crippen LogP) is 2.67. The van der Waals surface area contributed by atoms with Gasteiger partial charge >= 0.3 is 5.97 Å². The highest BCUT2D eigenvalue weighted by Gasteiger charge is 2.42. The Morgan fingerprint density at radius 1 is 1.41 bits per heavy atom. The first-order valence-electron chi connectivity index (χ1n) is 5.66. The van der Waals surface area contributed by atoms with Crippen LogP contribution in [0, 0.1) is 0 Å². The van der Waals surface area contributed by atoms with Crippen LogP contribution in [-0.4, -0.2) is 25.8 Å². The molecule has 0 aliphatic carbocycles. The molecule has 3 nitrogen and oxygen atoms in total. The van der Waals surface area contributed by atoms with E-state index in [0.717, 1.165) is 10.0 Å². The van der Waals surface area contributed by atoms with E-state index in [1.807, 2.05) is 31.2 Å². The van der Waals surface area contributed by atoms with Gasteiger partial charge in [-0.3, -0.25) is 4.79 Å². The van der Waals surface area contributed by atoms with E-state index >= 15 is 0 Å². The van der Waals surface area contributed by atoms with E-state index in [0.29, 0.717) is 26.2 Å². The first-order chi connectivity index (χ1) is 8.16. The number of carbonyl (C=O) groups is 1. The SMILES string of the molecule is CCOC(=O)CC1(c2ccc(Br)cc2)COC1. The molecule has 4 heteroatoms. The Morgan fingerprint density at radius 2 is 2.06 bits per heavy atom. The summed E-state index contributed by atoms with van der Waals surface area (Å²) >= 11 is 3.40. The molecule has 0 saturated carbocycles. The maximum atomic E-state index is 11.6. The van der Waals surface area contributed by atoms with Crippen LogP contribution in [0.3, 0.4) is 0 Å². The van der Waals surface area contributed by atoms with Crippen molar-refractivity contribution in [3.63, 3.8) is 0 Å². The van der Waals surface area contributed by atoms with Crippen molar-refractivity contribution in [3.05, 3.63) is 34.3 Å². The summed E-state index contributed by atoms with van der Waals surface area (Å²) in [6.45, 7) is 3.43. The molecule has 0 aromatic heterocycles. The Kier molecular flexibility index (Phi) is 3.84. The van der Waals surface area contributed by atoms with Gasteiger partial charge in [-0.15, -0.1) is 0 Å². The van der Waals surface area contributed by atoms with Crippen molar-refractivity contribution in [2.45, 2.75) is 18.8 Å². The summed E-state index contributed by atoms with van der Waals surface area (Å²) in [5.74, 6) is -0.154. The van der Waals surface area contributed by atoms with Gasteiger partial charge in [-0.1, -0.05) is 28.1 Å². The molecule has 17 heavy (non-hydrogen) atoms. The lowest BCUT2D eigenvalue weighted by atomic mass is 9.76. The molecule has 1 fully saturated rings. The summed E-state index contributed by atoms with van der Waals surface area (Å²) in [4.78, 5) is 11.6. The fraction of sp³-hybridized carbons (Fsp3) is 0.462. The molecule has 0 spiro atoms. The molecule has 1 aliphatic heterocycles. The average molecular weight is 299 g/mol. The van der Waals surface area contributed by atoms with Crippen molar-refractivity contribution >= 4 is 21.9 Å². The molecule has 92 valence electrons. The number of rotatable bonds is 4. The topological polar surface area (TPSA) is 35.5 Å². The molecule has 1 saturated heterocycles. The number of esters is 1. The zero-order valence-electron chi connectivity index (χ0n) is 9.74. The third-order valence-electron chi connectivity index (χ3n) is 3.00. The summed E-state index contributed by atoms with van der Waals surface area (Å²) < 4.78 is 11.3. The fourth-order valence-corrected chi connectivity index (χ4v) is 2.28. The standard InChI is InChI=1S/C13H15BrO3/c1-2-17-12(15)7-13(8-16-9-13)10-3-5-11(14)6-4-10/h3-6H,2,7-9H2,1H3. The minimum Gasteiger partial charge on any atom is -0.466 e. The summed E-state index contributed by atoms with van der Waals surface area (Å²) in [6, 6.07) is 8.04. The number of hydrogen-bond donors (Lipinski definition) is 0. The van der Waals surface area contributed by atoms with Gasteiger partial charge in [0.25, 0.3) is 0 Å². The minimum atomic E-state index is -0.188. The first-order valence-corrected chi connectivity index (χ1v) is 6.45. The minimum absolute atomic E-state index is 0.154. The second-order valence-corrected chi connectivity index (χ2v) is 5.18. The number of hydrogen-bond acceptors (Lipinski definition) is 3. The quantitative estimate of drug-likeness (QED) is 0.802. The zero-order chi connectivity index (χ0) is 12.3. The Balaban J connectivity index is 2.14. The van der Waals surface area contributed by atoms with Gasteiger partial charge in [-0.25, -0.2) is 0 Å². The van der Waals surface area contributed by atoms with Crippen LogP contribution in [0.25, 0.3) is 0 Å². The van der Waals surface area contributed by atoms with Gasteiger partial charge in [0, 0.05) is 4.47 Å². The smallest absolute Gasteiger partial charge is 0.306 e. The summed E-state index contributed by atoms with van der Waals surface area (Å²) in [7, 11) is 0. The van der Waals surface area contributed by atoms with Crippen molar-refractivity contribution < 1.29 is 14.3 Å². The lowest BCUT2D eigenvalue weighted by Crippen LogP contribution is -2.48. The van der Waals surface area contributed by atoms with Crippen LogP contribution in [0.5, 0.6) is 0 Å². The third kappa shape index (κ3) is 2.69. The van der Waals surface area contributed by atoms with Crippen LogP contribution in [-0.2, 0) is 19.7 Å². The monoisotopic (exact) mass is 298 g/mol. The normalized spacial score (nSPS) is 17.3. The van der Waals surface area contributed by atoms with Crippen LogP contribution < -0.4 is 0 Å². The highest BCUT2D eigenvalue weighted by Crippen LogP contribution is 2.36. The molecule has 0 N–H and O–H groups in total. The van der Waals surface area contributed by atoms with Crippen molar-refractivity contribution in [2.24, 2.45) is 0 Å². The van der Waals surface area contributed by atoms with Gasteiger partial charge in [0.15, 0.2) is 0 Å². The van der Waals surface area contributed by atoms with Crippen LogP contribution in [0.4, 0.5) is 0 Å². The lowest BCUT2D eigenvalue weighted by Gasteiger charge is -2.41. The van der Waals surface area contributed by atoms with Crippen molar-refractivity contribution in [1.29, 1.82) is 0 Å². The largest absolute Gasteiger partial charge is 0.466 e. The van der Waals surface area contributed by atoms with Crippen LogP contribution in [0.2, 0.25) is 0 Å². The fourth-order valence-electron chi connectivity index (χ4n) is 2.01. The molecular formula is C13H15BrO3. The van der Waals surface area contributed by atoms with E-state index in [-0.39, 0.29) is 11.4 Å². The molecule has 2 rings (SSSR count). The predicted molar refractivity (Wildman–Crippen MR) is 67.9 cm³/mol. The van der Waals surface area contributed by atoms with E-state index in [1.165, 1.54) is 0 Å². The number of halogens is 1. The summed E-state index contributed by atoms with van der Waals surface area (Å²) in [5, 5.41) is 0. The maximum Gasteiger partial charge on any atom is 0.306 e. The Hall–Kier alpha value is -0.870. The molecule has 1 aromatic rings. The van der Waals surface area contributed by atoms with Crippen LogP contribution in [0.1, 0.15) is 18.9 Å². The van der Waals surface area contributed by atoms with Gasteiger partial charge in [-0.2, -0.15) is 0 Å². The highest BCUT2D eigenvalue weighted by atomic mass is 79.9. The number of ether oxygens (including phenoxy) is 2. The Morgan fingerprint density at radius 3 is 2.53 bits per heavy atom. The van der Waals surface area contributed by atoms with E-state index in [9.17, 15) is 4.79 Å². The first kappa shape index (κ1) is 12.6. The average Bonchev–Trinajstić information content (AvgIpc) is 2.25. The molecular weight excluding hydrogens is 284 g/mol. The van der Waals surface area contributed by atoms with Crippen LogP contribution >= 0.6 is 15.9 Å². The summed E-state index contributed by atoms with van der Waals surface area (Å²) in [6.07, 6.45) is 0.391. The van der Waals surface area contributed by atoms with Gasteiger partial charge in [0.05, 0.1) is 31.7 Å². The van der Waals surface area contributed by atoms with Gasteiger partial charge < -0.3 is 9.47 Å². The molecule has 0 radical (unpaired) electrons. The van der Waals surface area contributed by atoms with Crippen molar-refractivity contribution in [3.8, 4) is 0 Å². The van der Waals surface area contributed by atoms with Gasteiger partial charge in [0.1, 0.15) is 0 Å².